The van der Waals surface area contributed by atoms with E-state index >= 15 is 0 Å². The molecular weight excluding hydrogens is 1030 g/mol. The summed E-state index contributed by atoms with van der Waals surface area (Å²) in [6.45, 7) is 9.06. The van der Waals surface area contributed by atoms with Gasteiger partial charge in [-0.05, 0) is 77.0 Å². The van der Waals surface area contributed by atoms with Gasteiger partial charge in [-0.15, -0.1) is 0 Å². The molecule has 464 valence electrons. The van der Waals surface area contributed by atoms with Crippen molar-refractivity contribution in [1.29, 1.82) is 0 Å². The smallest absolute Gasteiger partial charge is 0.550 e. The molecule has 0 fully saturated rings. The van der Waals surface area contributed by atoms with Gasteiger partial charge in [0.1, 0.15) is 12.2 Å². The van der Waals surface area contributed by atoms with E-state index in [9.17, 15) is 29.4 Å². The molecule has 2 unspecified atom stereocenters. The van der Waals surface area contributed by atoms with E-state index in [0.29, 0.717) is 38.5 Å². The van der Waals surface area contributed by atoms with Crippen molar-refractivity contribution >= 4 is 23.9 Å². The third-order valence-electron chi connectivity index (χ3n) is 16.1. The molecule has 0 radical (unpaired) electrons. The van der Waals surface area contributed by atoms with E-state index in [2.05, 4.69) is 27.7 Å². The minimum absolute atomic E-state index is 0. The maximum atomic E-state index is 12.4. The number of hydrogen-bond donors (Lipinski definition) is 0. The summed E-state index contributed by atoms with van der Waals surface area (Å²) in [5.74, 6) is -2.24. The van der Waals surface area contributed by atoms with Crippen molar-refractivity contribution in [1.82, 2.24) is 0 Å². The van der Waals surface area contributed by atoms with Crippen molar-refractivity contribution < 1.29 is 58.3 Å². The van der Waals surface area contributed by atoms with Gasteiger partial charge in [-0.25, -0.2) is 0 Å². The number of unbranched alkanes of at least 4 members (excludes halogenated alkanes) is 46. The van der Waals surface area contributed by atoms with E-state index in [4.69, 9.17) is 9.47 Å². The summed E-state index contributed by atoms with van der Waals surface area (Å²) in [7, 11) is 0. The Morgan fingerprint density at radius 2 is 0.405 bits per heavy atom. The topological polar surface area (TPSA) is 133 Å². The fraction of sp³-hybridized carbons (Fsp3) is 0.943. The van der Waals surface area contributed by atoms with Gasteiger partial charge in [-0.2, -0.15) is 0 Å². The van der Waals surface area contributed by atoms with Gasteiger partial charge in [0.05, 0.1) is 0 Å². The zero-order chi connectivity index (χ0) is 57.3. The van der Waals surface area contributed by atoms with E-state index in [0.717, 1.165) is 51.4 Å². The monoisotopic (exact) mass is 1170 g/mol. The van der Waals surface area contributed by atoms with Gasteiger partial charge >= 0.3 is 31.4 Å². The molecule has 79 heavy (non-hydrogen) atoms. The maximum absolute atomic E-state index is 12.4. The first-order chi connectivity index (χ1) is 38.2. The Morgan fingerprint density at radius 3 is 0.595 bits per heavy atom. The molecule has 8 nitrogen and oxygen atoms in total. The van der Waals surface area contributed by atoms with Crippen LogP contribution in [-0.2, 0) is 48.1 Å². The summed E-state index contributed by atoms with van der Waals surface area (Å²) in [6.07, 6.45) is 69.9. The minimum atomic E-state index is -1.02. The van der Waals surface area contributed by atoms with Gasteiger partial charge in [-0.1, -0.05) is 323 Å². The molecule has 0 amide bonds. The molecule has 0 aliphatic rings. The van der Waals surface area contributed by atoms with Gasteiger partial charge < -0.3 is 29.3 Å². The Balaban J connectivity index is -0.00000144. The predicted octanol–water partition coefficient (Wildman–Crippen LogP) is 20.8. The summed E-state index contributed by atoms with van der Waals surface area (Å²) >= 11 is 0. The predicted molar refractivity (Wildman–Crippen MR) is 329 cm³/mol. The summed E-state index contributed by atoms with van der Waals surface area (Å²) in [6, 6.07) is 0. The SMILES string of the molecule is CCCCCCCCCCCCCCCCC(=O)OC(CCCCCCCCCCCCC)CCCC(=O)[O-].CCCCCCCCCCCCCCCCC(=O)OC(CCCCCCCCCCCCC)CCCC(=O)[O-].[Zn+2]. The number of hydrogen-bond acceptors (Lipinski definition) is 8. The third kappa shape index (κ3) is 72.6. The average molecular weight is 1170 g/mol. The van der Waals surface area contributed by atoms with Crippen molar-refractivity contribution in [3.63, 3.8) is 0 Å². The number of carbonyl (C=O) groups excluding carboxylic acids is 4. The van der Waals surface area contributed by atoms with E-state index < -0.39 is 11.9 Å². The van der Waals surface area contributed by atoms with Crippen molar-refractivity contribution in [2.45, 2.75) is 425 Å². The Kier molecular flexibility index (Phi) is 73.2. The van der Waals surface area contributed by atoms with Crippen LogP contribution in [0.4, 0.5) is 0 Å². The quantitative estimate of drug-likeness (QED) is 0.0334. The molecule has 0 heterocycles. The van der Waals surface area contributed by atoms with E-state index in [1.54, 1.807) is 0 Å². The number of carbonyl (C=O) groups is 4. The molecule has 0 aromatic rings. The molecule has 0 bridgehead atoms. The fourth-order valence-corrected chi connectivity index (χ4v) is 11.0. The second kappa shape index (κ2) is 70.8. The van der Waals surface area contributed by atoms with E-state index in [-0.39, 0.29) is 56.5 Å². The second-order valence-corrected chi connectivity index (χ2v) is 24.1. The minimum Gasteiger partial charge on any atom is -0.550 e. The second-order valence-electron chi connectivity index (χ2n) is 24.1. The zero-order valence-corrected chi connectivity index (χ0v) is 56.5. The van der Waals surface area contributed by atoms with Crippen LogP contribution in [0.1, 0.15) is 413 Å². The third-order valence-corrected chi connectivity index (χ3v) is 16.1. The van der Waals surface area contributed by atoms with Gasteiger partial charge in [0.25, 0.3) is 0 Å². The van der Waals surface area contributed by atoms with Gasteiger partial charge in [0.15, 0.2) is 0 Å². The first kappa shape index (κ1) is 81.7. The van der Waals surface area contributed by atoms with Crippen LogP contribution in [0.15, 0.2) is 0 Å². The molecule has 2 atom stereocenters. The van der Waals surface area contributed by atoms with E-state index in [1.807, 2.05) is 0 Å². The summed E-state index contributed by atoms with van der Waals surface area (Å²) < 4.78 is 11.6. The van der Waals surface area contributed by atoms with Crippen LogP contribution in [0.5, 0.6) is 0 Å². The number of aliphatic carboxylic acids is 2. The van der Waals surface area contributed by atoms with Crippen LogP contribution in [0.2, 0.25) is 0 Å². The molecule has 0 saturated heterocycles. The van der Waals surface area contributed by atoms with Crippen LogP contribution < -0.4 is 10.2 Å². The van der Waals surface area contributed by atoms with Crippen LogP contribution in [0.3, 0.4) is 0 Å². The molecule has 0 spiro atoms. The maximum Gasteiger partial charge on any atom is 2.00 e. The largest absolute Gasteiger partial charge is 2.00 e. The van der Waals surface area contributed by atoms with Crippen molar-refractivity contribution in [2.75, 3.05) is 0 Å². The van der Waals surface area contributed by atoms with Crippen LogP contribution >= 0.6 is 0 Å². The molecular formula is C70H134O8Zn. The van der Waals surface area contributed by atoms with Gasteiger partial charge in [0, 0.05) is 24.8 Å². The molecule has 0 rings (SSSR count). The van der Waals surface area contributed by atoms with Crippen LogP contribution in [0, 0.1) is 0 Å². The normalized spacial score (nSPS) is 11.9. The molecule has 0 aliphatic heterocycles. The molecule has 0 aromatic heterocycles. The Labute approximate surface area is 504 Å². The first-order valence-electron chi connectivity index (χ1n) is 35.0. The standard InChI is InChI=1S/2C35H68O4.Zn/c2*1-3-5-7-9-11-13-15-16-17-19-21-23-25-27-32-35(38)39-33(30-28-31-34(36)37)29-26-24-22-20-18-14-12-10-8-6-4-2;/h2*33H,3-32H2,1-2H3,(H,36,37);/q;;+2/p-2. The molecule has 0 aromatic carbocycles. The van der Waals surface area contributed by atoms with Crippen molar-refractivity contribution in [3.8, 4) is 0 Å². The van der Waals surface area contributed by atoms with Crippen molar-refractivity contribution in [3.05, 3.63) is 0 Å². The summed E-state index contributed by atoms with van der Waals surface area (Å²) in [4.78, 5) is 46.4. The molecule has 0 aliphatic carbocycles. The molecule has 0 N–H and O–H groups in total. The number of esters is 2. The average Bonchev–Trinajstić information content (AvgIpc) is 3.41. The number of ether oxygens (including phenoxy) is 2. The zero-order valence-electron chi connectivity index (χ0n) is 53.6. The van der Waals surface area contributed by atoms with Gasteiger partial charge in [-0.3, -0.25) is 9.59 Å². The first-order valence-corrected chi connectivity index (χ1v) is 35.0. The van der Waals surface area contributed by atoms with Gasteiger partial charge in [0.2, 0.25) is 0 Å². The van der Waals surface area contributed by atoms with Crippen molar-refractivity contribution in [2.24, 2.45) is 0 Å². The Hall–Kier alpha value is -1.50. The Morgan fingerprint density at radius 1 is 0.241 bits per heavy atom. The summed E-state index contributed by atoms with van der Waals surface area (Å²) in [5.41, 5.74) is 0. The number of carboxylic acids is 2. The number of rotatable bonds is 64. The van der Waals surface area contributed by atoms with Crippen LogP contribution in [0.25, 0.3) is 0 Å². The molecule has 9 heteroatoms. The fourth-order valence-electron chi connectivity index (χ4n) is 11.0. The molecule has 0 saturated carbocycles. The number of carboxylic acid groups (broad SMARTS) is 2. The summed E-state index contributed by atoms with van der Waals surface area (Å²) in [5, 5.41) is 21.6. The van der Waals surface area contributed by atoms with E-state index in [1.165, 1.54) is 283 Å². The Bertz CT molecular complexity index is 1140. The van der Waals surface area contributed by atoms with Crippen LogP contribution in [-0.4, -0.2) is 36.1 Å².